The van der Waals surface area contributed by atoms with Gasteiger partial charge in [-0.3, -0.25) is 4.79 Å². The Morgan fingerprint density at radius 1 is 1.44 bits per heavy atom. The van der Waals surface area contributed by atoms with Crippen LogP contribution in [-0.4, -0.2) is 24.7 Å². The van der Waals surface area contributed by atoms with Crippen LogP contribution in [0.25, 0.3) is 0 Å². The fourth-order valence-electron chi connectivity index (χ4n) is 2.84. The van der Waals surface area contributed by atoms with Crippen molar-refractivity contribution in [3.8, 4) is 5.75 Å². The zero-order chi connectivity index (χ0) is 12.6. The molecule has 0 aromatic heterocycles. The largest absolute Gasteiger partial charge is 0.497 e. The number of amides is 1. The Hall–Kier alpha value is -1.55. The van der Waals surface area contributed by atoms with Gasteiger partial charge >= 0.3 is 0 Å². The van der Waals surface area contributed by atoms with Crippen molar-refractivity contribution < 1.29 is 14.3 Å². The molecular weight excluding hydrogens is 230 g/mol. The number of carbonyl (C=O) groups is 1. The summed E-state index contributed by atoms with van der Waals surface area (Å²) < 4.78 is 10.9. The number of methoxy groups -OCH3 is 1. The van der Waals surface area contributed by atoms with E-state index in [0.717, 1.165) is 37.1 Å². The van der Waals surface area contributed by atoms with Crippen LogP contribution in [0.1, 0.15) is 25.7 Å². The van der Waals surface area contributed by atoms with Crippen LogP contribution in [0.15, 0.2) is 24.3 Å². The third-order valence-electron chi connectivity index (χ3n) is 3.87. The minimum absolute atomic E-state index is 0.0178. The summed E-state index contributed by atoms with van der Waals surface area (Å²) in [7, 11) is 1.61. The molecule has 2 aliphatic rings. The third-order valence-corrected chi connectivity index (χ3v) is 3.87. The van der Waals surface area contributed by atoms with E-state index in [-0.39, 0.29) is 5.91 Å². The Bertz CT molecular complexity index is 464. The first kappa shape index (κ1) is 11.5. The van der Waals surface area contributed by atoms with Crippen molar-refractivity contribution in [2.45, 2.75) is 37.4 Å². The molecule has 2 saturated heterocycles. The smallest absolute Gasteiger partial charge is 0.256 e. The highest BCUT2D eigenvalue weighted by Gasteiger charge is 2.51. The number of nitrogens with one attached hydrogen (secondary N) is 1. The first-order valence-corrected chi connectivity index (χ1v) is 6.35. The minimum Gasteiger partial charge on any atom is -0.497 e. The molecule has 0 atom stereocenters. The molecule has 2 fully saturated rings. The van der Waals surface area contributed by atoms with Crippen LogP contribution in [0.2, 0.25) is 0 Å². The highest BCUT2D eigenvalue weighted by Crippen LogP contribution is 2.44. The molecule has 2 heterocycles. The molecule has 2 aliphatic heterocycles. The first-order valence-electron chi connectivity index (χ1n) is 6.35. The van der Waals surface area contributed by atoms with Gasteiger partial charge in [0.05, 0.1) is 13.2 Å². The lowest BCUT2D eigenvalue weighted by Crippen LogP contribution is -2.40. The number of benzene rings is 1. The van der Waals surface area contributed by atoms with Gasteiger partial charge in [-0.1, -0.05) is 6.07 Å². The third kappa shape index (κ3) is 1.86. The molecular formula is C14H17NO3. The molecule has 0 spiro atoms. The van der Waals surface area contributed by atoms with Crippen LogP contribution in [0, 0.1) is 0 Å². The quantitative estimate of drug-likeness (QED) is 0.891. The Labute approximate surface area is 106 Å². The van der Waals surface area contributed by atoms with E-state index in [1.165, 1.54) is 0 Å². The second-order valence-electron chi connectivity index (χ2n) is 5.00. The van der Waals surface area contributed by atoms with Gasteiger partial charge in [-0.05, 0) is 37.8 Å². The lowest BCUT2D eigenvalue weighted by Gasteiger charge is -2.23. The number of ether oxygens (including phenoxy) is 2. The predicted molar refractivity (Wildman–Crippen MR) is 67.7 cm³/mol. The topological polar surface area (TPSA) is 47.6 Å². The zero-order valence-electron chi connectivity index (χ0n) is 10.4. The van der Waals surface area contributed by atoms with Crippen LogP contribution in [0.5, 0.6) is 5.75 Å². The lowest BCUT2D eigenvalue weighted by atomic mass is 9.88. The number of hydrogen-bond donors (Lipinski definition) is 1. The number of fused-ring (bicyclic) bond motifs is 2. The summed E-state index contributed by atoms with van der Waals surface area (Å²) in [5.74, 6) is 0.720. The molecule has 3 rings (SSSR count). The molecule has 1 aromatic rings. The van der Waals surface area contributed by atoms with E-state index < -0.39 is 5.60 Å². The van der Waals surface area contributed by atoms with Crippen molar-refractivity contribution in [3.05, 3.63) is 24.3 Å². The van der Waals surface area contributed by atoms with E-state index >= 15 is 0 Å². The van der Waals surface area contributed by atoms with Gasteiger partial charge in [0.1, 0.15) is 11.4 Å². The first-order chi connectivity index (χ1) is 8.72. The van der Waals surface area contributed by atoms with E-state index in [1.807, 2.05) is 24.3 Å². The van der Waals surface area contributed by atoms with Crippen LogP contribution in [0.4, 0.5) is 5.69 Å². The molecule has 0 aliphatic carbocycles. The number of hydrogen-bond acceptors (Lipinski definition) is 3. The Balaban J connectivity index is 1.74. The van der Waals surface area contributed by atoms with E-state index in [1.54, 1.807) is 7.11 Å². The lowest BCUT2D eigenvalue weighted by molar-refractivity contribution is -0.133. The summed E-state index contributed by atoms with van der Waals surface area (Å²) in [6, 6.07) is 7.39. The standard InChI is InChI=1S/C14H17NO3/c1-17-12-4-2-3-10(9-12)15-13(16)14-7-5-11(18-14)6-8-14/h2-4,9,11H,5-8H2,1H3,(H,15,16). The highest BCUT2D eigenvalue weighted by atomic mass is 16.5. The predicted octanol–water partition coefficient (Wildman–Crippen LogP) is 2.35. The van der Waals surface area contributed by atoms with Crippen molar-refractivity contribution in [1.82, 2.24) is 0 Å². The molecule has 2 bridgehead atoms. The van der Waals surface area contributed by atoms with Crippen molar-refractivity contribution in [2.24, 2.45) is 0 Å². The minimum atomic E-state index is -0.576. The SMILES string of the molecule is COc1cccc(NC(=O)C23CCC(CC2)O3)c1. The van der Waals surface area contributed by atoms with Crippen LogP contribution < -0.4 is 10.1 Å². The molecule has 4 heteroatoms. The molecule has 0 unspecified atom stereocenters. The Kier molecular flexibility index (Phi) is 2.74. The van der Waals surface area contributed by atoms with E-state index in [0.29, 0.717) is 6.10 Å². The number of carbonyl (C=O) groups excluding carboxylic acids is 1. The normalized spacial score (nSPS) is 29.3. The zero-order valence-corrected chi connectivity index (χ0v) is 10.4. The highest BCUT2D eigenvalue weighted by molar-refractivity contribution is 5.98. The van der Waals surface area contributed by atoms with Gasteiger partial charge in [-0.15, -0.1) is 0 Å². The van der Waals surface area contributed by atoms with Gasteiger partial charge in [0, 0.05) is 11.8 Å². The van der Waals surface area contributed by atoms with Gasteiger partial charge in [0.15, 0.2) is 0 Å². The summed E-state index contributed by atoms with van der Waals surface area (Å²) in [6.07, 6.45) is 3.99. The summed E-state index contributed by atoms with van der Waals surface area (Å²) >= 11 is 0. The van der Waals surface area contributed by atoms with E-state index in [4.69, 9.17) is 9.47 Å². The Morgan fingerprint density at radius 3 is 2.83 bits per heavy atom. The average Bonchev–Trinajstić information content (AvgIpc) is 3.01. The molecule has 96 valence electrons. The van der Waals surface area contributed by atoms with Crippen LogP contribution in [-0.2, 0) is 9.53 Å². The van der Waals surface area contributed by atoms with Gasteiger partial charge < -0.3 is 14.8 Å². The fourth-order valence-corrected chi connectivity index (χ4v) is 2.84. The molecule has 0 radical (unpaired) electrons. The second kappa shape index (κ2) is 4.28. The number of rotatable bonds is 3. The fraction of sp³-hybridized carbons (Fsp3) is 0.500. The van der Waals surface area contributed by atoms with E-state index in [2.05, 4.69) is 5.32 Å². The summed E-state index contributed by atoms with van der Waals surface area (Å²) in [4.78, 5) is 12.3. The molecule has 1 amide bonds. The Morgan fingerprint density at radius 2 is 2.22 bits per heavy atom. The molecule has 18 heavy (non-hydrogen) atoms. The van der Waals surface area contributed by atoms with Crippen molar-refractivity contribution in [3.63, 3.8) is 0 Å². The molecule has 1 aromatic carbocycles. The van der Waals surface area contributed by atoms with Crippen molar-refractivity contribution >= 4 is 11.6 Å². The van der Waals surface area contributed by atoms with E-state index in [9.17, 15) is 4.79 Å². The second-order valence-corrected chi connectivity index (χ2v) is 5.00. The molecule has 0 saturated carbocycles. The summed E-state index contributed by atoms with van der Waals surface area (Å²) in [6.45, 7) is 0. The molecule has 1 N–H and O–H groups in total. The molecule has 4 nitrogen and oxygen atoms in total. The maximum atomic E-state index is 12.3. The maximum Gasteiger partial charge on any atom is 0.256 e. The van der Waals surface area contributed by atoms with Gasteiger partial charge in [0.2, 0.25) is 0 Å². The summed E-state index contributed by atoms with van der Waals surface area (Å²) in [5.41, 5.74) is 0.181. The van der Waals surface area contributed by atoms with Crippen molar-refractivity contribution in [1.29, 1.82) is 0 Å². The van der Waals surface area contributed by atoms with Gasteiger partial charge in [0.25, 0.3) is 5.91 Å². The van der Waals surface area contributed by atoms with Gasteiger partial charge in [-0.2, -0.15) is 0 Å². The van der Waals surface area contributed by atoms with Crippen molar-refractivity contribution in [2.75, 3.05) is 12.4 Å². The maximum absolute atomic E-state index is 12.3. The van der Waals surface area contributed by atoms with Crippen LogP contribution >= 0.6 is 0 Å². The average molecular weight is 247 g/mol. The van der Waals surface area contributed by atoms with Crippen LogP contribution in [0.3, 0.4) is 0 Å². The monoisotopic (exact) mass is 247 g/mol. The van der Waals surface area contributed by atoms with Gasteiger partial charge in [-0.25, -0.2) is 0 Å². The number of anilines is 1. The summed E-state index contributed by atoms with van der Waals surface area (Å²) in [5, 5.41) is 2.93.